The van der Waals surface area contributed by atoms with Crippen LogP contribution in [0.3, 0.4) is 0 Å². The second-order valence-electron chi connectivity index (χ2n) is 5.28. The van der Waals surface area contributed by atoms with E-state index in [4.69, 9.17) is 4.74 Å². The molecule has 0 unspecified atom stereocenters. The van der Waals surface area contributed by atoms with Crippen molar-refractivity contribution in [3.8, 4) is 28.1 Å². The molecule has 122 valence electrons. The first kappa shape index (κ1) is 15.8. The van der Waals surface area contributed by atoms with Gasteiger partial charge in [0.1, 0.15) is 12.3 Å². The molecule has 0 aliphatic heterocycles. The van der Waals surface area contributed by atoms with Gasteiger partial charge in [0.15, 0.2) is 0 Å². The number of phenolic OH excluding ortho intramolecular Hbond substituents is 1. The average molecular weight is 322 g/mol. The van der Waals surface area contributed by atoms with Crippen LogP contribution in [0.15, 0.2) is 60.8 Å². The second-order valence-corrected chi connectivity index (χ2v) is 5.28. The summed E-state index contributed by atoms with van der Waals surface area (Å²) in [6.07, 6.45) is 1.75. The molecule has 0 aliphatic rings. The first-order valence-electron chi connectivity index (χ1n) is 7.75. The zero-order valence-electron chi connectivity index (χ0n) is 13.3. The SMILES string of the molecule is CCOC(=O)Cn1ncc(-c2ccccc2)c1-c1ccc(O)cc1. The van der Waals surface area contributed by atoms with Crippen molar-refractivity contribution in [2.24, 2.45) is 0 Å². The Bertz CT molecular complexity index is 824. The van der Waals surface area contributed by atoms with Crippen molar-refractivity contribution >= 4 is 5.97 Å². The Morgan fingerprint density at radius 2 is 1.79 bits per heavy atom. The average Bonchev–Trinajstić information content (AvgIpc) is 3.00. The van der Waals surface area contributed by atoms with E-state index in [9.17, 15) is 9.90 Å². The molecule has 0 aliphatic carbocycles. The second kappa shape index (κ2) is 7.00. The van der Waals surface area contributed by atoms with Gasteiger partial charge in [0.25, 0.3) is 0 Å². The van der Waals surface area contributed by atoms with E-state index in [1.807, 2.05) is 30.3 Å². The van der Waals surface area contributed by atoms with E-state index in [2.05, 4.69) is 5.10 Å². The number of nitrogens with zero attached hydrogens (tertiary/aromatic N) is 2. The maximum absolute atomic E-state index is 11.9. The smallest absolute Gasteiger partial charge is 0.327 e. The van der Waals surface area contributed by atoms with E-state index >= 15 is 0 Å². The van der Waals surface area contributed by atoms with Crippen LogP contribution in [0.5, 0.6) is 5.75 Å². The summed E-state index contributed by atoms with van der Waals surface area (Å²) < 4.78 is 6.66. The van der Waals surface area contributed by atoms with Gasteiger partial charge in [0.05, 0.1) is 18.5 Å². The molecule has 3 aromatic rings. The lowest BCUT2D eigenvalue weighted by Crippen LogP contribution is -2.15. The Balaban J connectivity index is 2.08. The van der Waals surface area contributed by atoms with Gasteiger partial charge >= 0.3 is 5.97 Å². The highest BCUT2D eigenvalue weighted by Crippen LogP contribution is 2.32. The summed E-state index contributed by atoms with van der Waals surface area (Å²) in [7, 11) is 0. The molecule has 0 saturated heterocycles. The number of aromatic nitrogens is 2. The first-order valence-corrected chi connectivity index (χ1v) is 7.75. The van der Waals surface area contributed by atoms with Crippen molar-refractivity contribution in [1.29, 1.82) is 0 Å². The molecule has 5 heteroatoms. The van der Waals surface area contributed by atoms with Crippen molar-refractivity contribution in [1.82, 2.24) is 9.78 Å². The van der Waals surface area contributed by atoms with E-state index in [0.717, 1.165) is 22.4 Å². The molecular formula is C19H18N2O3. The largest absolute Gasteiger partial charge is 0.508 e. The van der Waals surface area contributed by atoms with Crippen LogP contribution in [0.2, 0.25) is 0 Å². The van der Waals surface area contributed by atoms with Crippen molar-refractivity contribution in [2.45, 2.75) is 13.5 Å². The fourth-order valence-electron chi connectivity index (χ4n) is 2.59. The molecule has 1 aromatic heterocycles. The van der Waals surface area contributed by atoms with Crippen LogP contribution in [-0.2, 0) is 16.1 Å². The molecule has 0 amide bonds. The number of phenols is 1. The van der Waals surface area contributed by atoms with E-state index in [-0.39, 0.29) is 18.3 Å². The Morgan fingerprint density at radius 3 is 2.46 bits per heavy atom. The maximum Gasteiger partial charge on any atom is 0.327 e. The van der Waals surface area contributed by atoms with Crippen molar-refractivity contribution in [3.05, 3.63) is 60.8 Å². The molecule has 0 bridgehead atoms. The maximum atomic E-state index is 11.9. The Kier molecular flexibility index (Phi) is 4.61. The molecule has 3 rings (SSSR count). The number of hydrogen-bond donors (Lipinski definition) is 1. The van der Waals surface area contributed by atoms with Gasteiger partial charge in [-0.2, -0.15) is 5.10 Å². The number of benzene rings is 2. The highest BCUT2D eigenvalue weighted by molar-refractivity contribution is 5.82. The predicted molar refractivity (Wildman–Crippen MR) is 91.4 cm³/mol. The molecule has 0 radical (unpaired) electrons. The van der Waals surface area contributed by atoms with Crippen LogP contribution in [0, 0.1) is 0 Å². The van der Waals surface area contributed by atoms with Crippen molar-refractivity contribution in [3.63, 3.8) is 0 Å². The number of carbonyl (C=O) groups excluding carboxylic acids is 1. The Labute approximate surface area is 140 Å². The highest BCUT2D eigenvalue weighted by atomic mass is 16.5. The predicted octanol–water partition coefficient (Wildman–Crippen LogP) is 3.49. The Morgan fingerprint density at radius 1 is 1.08 bits per heavy atom. The van der Waals surface area contributed by atoms with Gasteiger partial charge in [-0.25, -0.2) is 0 Å². The Hall–Kier alpha value is -3.08. The van der Waals surface area contributed by atoms with Crippen molar-refractivity contribution in [2.75, 3.05) is 6.61 Å². The first-order chi connectivity index (χ1) is 11.7. The molecule has 1 N–H and O–H groups in total. The number of aromatic hydroxyl groups is 1. The third-order valence-corrected chi connectivity index (χ3v) is 3.65. The summed E-state index contributed by atoms with van der Waals surface area (Å²) in [5, 5.41) is 13.9. The summed E-state index contributed by atoms with van der Waals surface area (Å²) >= 11 is 0. The minimum absolute atomic E-state index is 0.0386. The summed E-state index contributed by atoms with van der Waals surface area (Å²) in [5.74, 6) is -0.142. The molecular weight excluding hydrogens is 304 g/mol. The summed E-state index contributed by atoms with van der Waals surface area (Å²) in [6, 6.07) is 16.7. The van der Waals surface area contributed by atoms with Gasteiger partial charge in [0.2, 0.25) is 0 Å². The monoisotopic (exact) mass is 322 g/mol. The van der Waals surface area contributed by atoms with Gasteiger partial charge in [-0.3, -0.25) is 9.48 Å². The van der Waals surface area contributed by atoms with Gasteiger partial charge in [0, 0.05) is 11.1 Å². The topological polar surface area (TPSA) is 64.4 Å². The van der Waals surface area contributed by atoms with Crippen molar-refractivity contribution < 1.29 is 14.6 Å². The van der Waals surface area contributed by atoms with Crippen LogP contribution in [0.25, 0.3) is 22.4 Å². The zero-order chi connectivity index (χ0) is 16.9. The fraction of sp³-hybridized carbons (Fsp3) is 0.158. The number of carbonyl (C=O) groups is 1. The van der Waals surface area contributed by atoms with Gasteiger partial charge in [-0.15, -0.1) is 0 Å². The van der Waals surface area contributed by atoms with Gasteiger partial charge in [-0.05, 0) is 36.8 Å². The van der Waals surface area contributed by atoms with Gasteiger partial charge < -0.3 is 9.84 Å². The fourth-order valence-corrected chi connectivity index (χ4v) is 2.59. The third-order valence-electron chi connectivity index (χ3n) is 3.65. The summed E-state index contributed by atoms with van der Waals surface area (Å²) in [4.78, 5) is 11.9. The van der Waals surface area contributed by atoms with E-state index < -0.39 is 0 Å². The number of ether oxygens (including phenoxy) is 1. The molecule has 0 fully saturated rings. The molecule has 5 nitrogen and oxygen atoms in total. The standard InChI is InChI=1S/C19H18N2O3/c1-2-24-18(23)13-21-19(15-8-10-16(22)11-9-15)17(12-20-21)14-6-4-3-5-7-14/h3-12,22H,2,13H2,1H3. The minimum atomic E-state index is -0.333. The lowest BCUT2D eigenvalue weighted by molar-refractivity contribution is -0.144. The molecule has 0 atom stereocenters. The normalized spacial score (nSPS) is 10.5. The van der Waals surface area contributed by atoms with Gasteiger partial charge in [-0.1, -0.05) is 30.3 Å². The van der Waals surface area contributed by atoms with Crippen LogP contribution in [-0.4, -0.2) is 27.5 Å². The summed E-state index contributed by atoms with van der Waals surface area (Å²) in [5.41, 5.74) is 3.61. The molecule has 0 saturated carbocycles. The molecule has 24 heavy (non-hydrogen) atoms. The van der Waals surface area contributed by atoms with Crippen LogP contribution < -0.4 is 0 Å². The van der Waals surface area contributed by atoms with Crippen LogP contribution in [0.4, 0.5) is 0 Å². The highest BCUT2D eigenvalue weighted by Gasteiger charge is 2.17. The lowest BCUT2D eigenvalue weighted by atomic mass is 10.0. The quantitative estimate of drug-likeness (QED) is 0.730. The third kappa shape index (κ3) is 3.30. The molecule has 1 heterocycles. The van der Waals surface area contributed by atoms with Crippen LogP contribution in [0.1, 0.15) is 6.92 Å². The van der Waals surface area contributed by atoms with Crippen LogP contribution >= 0.6 is 0 Å². The van der Waals surface area contributed by atoms with E-state index in [0.29, 0.717) is 6.61 Å². The zero-order valence-corrected chi connectivity index (χ0v) is 13.3. The lowest BCUT2D eigenvalue weighted by Gasteiger charge is -2.10. The number of hydrogen-bond acceptors (Lipinski definition) is 4. The number of esters is 1. The number of rotatable bonds is 5. The molecule has 0 spiro atoms. The summed E-state index contributed by atoms with van der Waals surface area (Å²) in [6.45, 7) is 2.15. The van der Waals surface area contributed by atoms with E-state index in [1.54, 1.807) is 42.1 Å². The molecule has 2 aromatic carbocycles. The van der Waals surface area contributed by atoms with E-state index in [1.165, 1.54) is 0 Å². The minimum Gasteiger partial charge on any atom is -0.508 e.